The van der Waals surface area contributed by atoms with Crippen LogP contribution in [0.4, 0.5) is 0 Å². The van der Waals surface area contributed by atoms with Gasteiger partial charge >= 0.3 is 0 Å². The lowest BCUT2D eigenvalue weighted by atomic mass is 10.0. The molecule has 4 rings (SSSR count). The molecule has 0 atom stereocenters. The molecular weight excluding hydrogens is 302 g/mol. The molecule has 0 aliphatic heterocycles. The van der Waals surface area contributed by atoms with E-state index in [0.29, 0.717) is 17.5 Å². The van der Waals surface area contributed by atoms with Gasteiger partial charge in [-0.2, -0.15) is 0 Å². The van der Waals surface area contributed by atoms with Gasteiger partial charge in [-0.25, -0.2) is 0 Å². The zero-order valence-electron chi connectivity index (χ0n) is 13.4. The van der Waals surface area contributed by atoms with E-state index in [0.717, 1.165) is 41.5 Å². The van der Waals surface area contributed by atoms with Gasteiger partial charge < -0.3 is 9.62 Å². The molecule has 0 amide bonds. The first-order valence-electron chi connectivity index (χ1n) is 8.00. The monoisotopic (exact) mass is 319 g/mol. The maximum absolute atomic E-state index is 9.44. The Bertz CT molecular complexity index is 928. The molecule has 2 aromatic carbocycles. The van der Waals surface area contributed by atoms with Crippen molar-refractivity contribution in [2.45, 2.75) is 26.2 Å². The molecule has 0 unspecified atom stereocenters. The normalized spacial score (nSPS) is 14.0. The highest BCUT2D eigenvalue weighted by molar-refractivity contribution is 6.24. The molecule has 24 heavy (non-hydrogen) atoms. The number of rotatable bonds is 4. The summed E-state index contributed by atoms with van der Waals surface area (Å²) in [4.78, 5) is 0. The standard InChI is InChI=1S/C19H17N3O2/c1-12-20-21-18(24-12)8-4-5-13-9-10-15-14-6-2-3-7-16(14)19(22-23)17(15)11-13/h2-3,6-7,9-11,23H,4-5,8H2,1H3/b22-19-. The molecule has 0 spiro atoms. The van der Waals surface area contributed by atoms with Crippen molar-refractivity contribution in [1.82, 2.24) is 10.2 Å². The second-order valence-corrected chi connectivity index (χ2v) is 5.94. The van der Waals surface area contributed by atoms with Gasteiger partial charge in [0.15, 0.2) is 0 Å². The van der Waals surface area contributed by atoms with Crippen LogP contribution in [-0.2, 0) is 12.8 Å². The fourth-order valence-electron chi connectivity index (χ4n) is 3.24. The maximum Gasteiger partial charge on any atom is 0.216 e. The van der Waals surface area contributed by atoms with Crippen LogP contribution < -0.4 is 0 Å². The van der Waals surface area contributed by atoms with Gasteiger partial charge in [-0.15, -0.1) is 10.2 Å². The number of oxime groups is 1. The molecule has 0 bridgehead atoms. The third kappa shape index (κ3) is 2.48. The van der Waals surface area contributed by atoms with Gasteiger partial charge in [-0.3, -0.25) is 0 Å². The molecule has 0 fully saturated rings. The Morgan fingerprint density at radius 1 is 0.958 bits per heavy atom. The van der Waals surface area contributed by atoms with Crippen LogP contribution in [0.3, 0.4) is 0 Å². The Morgan fingerprint density at radius 3 is 2.50 bits per heavy atom. The van der Waals surface area contributed by atoms with E-state index in [2.05, 4.69) is 39.6 Å². The quantitative estimate of drug-likeness (QED) is 0.459. The minimum atomic E-state index is 0.601. The Hall–Kier alpha value is -2.95. The highest BCUT2D eigenvalue weighted by Gasteiger charge is 2.25. The predicted molar refractivity (Wildman–Crippen MR) is 90.4 cm³/mol. The summed E-state index contributed by atoms with van der Waals surface area (Å²) in [6, 6.07) is 14.4. The fraction of sp³-hybridized carbons (Fsp3) is 0.211. The van der Waals surface area contributed by atoms with Crippen molar-refractivity contribution in [2.24, 2.45) is 5.16 Å². The molecule has 1 aliphatic carbocycles. The first kappa shape index (κ1) is 14.6. The van der Waals surface area contributed by atoms with Crippen molar-refractivity contribution in [2.75, 3.05) is 0 Å². The molecule has 1 heterocycles. The molecule has 1 N–H and O–H groups in total. The SMILES string of the molecule is Cc1nnc(CCCc2ccc3c(c2)/C(=N\O)c2ccccc2-3)o1. The second kappa shape index (κ2) is 5.92. The molecular formula is C19H17N3O2. The Balaban J connectivity index is 1.55. The van der Waals surface area contributed by atoms with Gasteiger partial charge in [0, 0.05) is 24.5 Å². The summed E-state index contributed by atoms with van der Waals surface area (Å²) >= 11 is 0. The maximum atomic E-state index is 9.44. The van der Waals surface area contributed by atoms with E-state index >= 15 is 0 Å². The van der Waals surface area contributed by atoms with Crippen LogP contribution in [0.2, 0.25) is 0 Å². The Morgan fingerprint density at radius 2 is 1.75 bits per heavy atom. The van der Waals surface area contributed by atoms with Gasteiger partial charge in [0.25, 0.3) is 0 Å². The molecule has 0 radical (unpaired) electrons. The third-order valence-electron chi connectivity index (χ3n) is 4.34. The van der Waals surface area contributed by atoms with Gasteiger partial charge in [0.2, 0.25) is 11.8 Å². The van der Waals surface area contributed by atoms with E-state index in [1.165, 1.54) is 5.56 Å². The lowest BCUT2D eigenvalue weighted by Crippen LogP contribution is -1.99. The zero-order chi connectivity index (χ0) is 16.5. The van der Waals surface area contributed by atoms with E-state index in [4.69, 9.17) is 4.42 Å². The number of fused-ring (bicyclic) bond motifs is 3. The van der Waals surface area contributed by atoms with Crippen molar-refractivity contribution >= 4 is 5.71 Å². The second-order valence-electron chi connectivity index (χ2n) is 5.94. The van der Waals surface area contributed by atoms with E-state index in [1.807, 2.05) is 18.2 Å². The molecule has 1 aliphatic rings. The molecule has 0 saturated heterocycles. The summed E-state index contributed by atoms with van der Waals surface area (Å²) < 4.78 is 5.40. The van der Waals surface area contributed by atoms with Crippen LogP contribution in [0, 0.1) is 6.92 Å². The first-order chi connectivity index (χ1) is 11.8. The van der Waals surface area contributed by atoms with Gasteiger partial charge in [0.1, 0.15) is 5.71 Å². The fourth-order valence-corrected chi connectivity index (χ4v) is 3.24. The van der Waals surface area contributed by atoms with E-state index in [-0.39, 0.29) is 0 Å². The minimum Gasteiger partial charge on any atom is -0.426 e. The molecule has 5 nitrogen and oxygen atoms in total. The van der Waals surface area contributed by atoms with Crippen molar-refractivity contribution in [3.05, 3.63) is 70.9 Å². The minimum absolute atomic E-state index is 0.601. The van der Waals surface area contributed by atoms with Crippen molar-refractivity contribution in [3.8, 4) is 11.1 Å². The average molecular weight is 319 g/mol. The van der Waals surface area contributed by atoms with E-state index in [9.17, 15) is 5.21 Å². The topological polar surface area (TPSA) is 71.5 Å². The van der Waals surface area contributed by atoms with Crippen molar-refractivity contribution < 1.29 is 9.62 Å². The zero-order valence-corrected chi connectivity index (χ0v) is 13.4. The Kier molecular flexibility index (Phi) is 3.61. The van der Waals surface area contributed by atoms with Crippen LogP contribution in [0.15, 0.2) is 52.0 Å². The number of hydrogen-bond acceptors (Lipinski definition) is 5. The molecule has 1 aromatic heterocycles. The predicted octanol–water partition coefficient (Wildman–Crippen LogP) is 3.76. The molecule has 5 heteroatoms. The van der Waals surface area contributed by atoms with Crippen LogP contribution in [0.5, 0.6) is 0 Å². The van der Waals surface area contributed by atoms with E-state index < -0.39 is 0 Å². The number of benzene rings is 2. The van der Waals surface area contributed by atoms with Gasteiger partial charge in [-0.05, 0) is 35.6 Å². The summed E-state index contributed by atoms with van der Waals surface area (Å²) in [6.07, 6.45) is 2.60. The highest BCUT2D eigenvalue weighted by atomic mass is 16.4. The molecule has 3 aromatic rings. The van der Waals surface area contributed by atoms with Crippen molar-refractivity contribution in [1.29, 1.82) is 0 Å². The summed E-state index contributed by atoms with van der Waals surface area (Å²) in [5, 5.41) is 20.8. The largest absolute Gasteiger partial charge is 0.426 e. The summed E-state index contributed by atoms with van der Waals surface area (Å²) in [7, 11) is 0. The number of nitrogens with zero attached hydrogens (tertiary/aromatic N) is 3. The smallest absolute Gasteiger partial charge is 0.216 e. The summed E-state index contributed by atoms with van der Waals surface area (Å²) in [6.45, 7) is 1.80. The number of aryl methyl sites for hydroxylation is 3. The van der Waals surface area contributed by atoms with Gasteiger partial charge in [-0.1, -0.05) is 41.6 Å². The van der Waals surface area contributed by atoms with Crippen LogP contribution >= 0.6 is 0 Å². The lowest BCUT2D eigenvalue weighted by Gasteiger charge is -2.05. The molecule has 120 valence electrons. The van der Waals surface area contributed by atoms with Crippen LogP contribution in [-0.4, -0.2) is 21.1 Å². The lowest BCUT2D eigenvalue weighted by molar-refractivity contribution is 0.320. The van der Waals surface area contributed by atoms with Crippen LogP contribution in [0.25, 0.3) is 11.1 Å². The first-order valence-corrected chi connectivity index (χ1v) is 8.00. The van der Waals surface area contributed by atoms with Crippen LogP contribution in [0.1, 0.15) is 34.9 Å². The summed E-state index contributed by atoms with van der Waals surface area (Å²) in [5.74, 6) is 1.28. The summed E-state index contributed by atoms with van der Waals surface area (Å²) in [5.41, 5.74) is 6.06. The molecule has 0 saturated carbocycles. The average Bonchev–Trinajstić information content (AvgIpc) is 3.15. The van der Waals surface area contributed by atoms with Crippen molar-refractivity contribution in [3.63, 3.8) is 0 Å². The number of hydrogen-bond donors (Lipinski definition) is 1. The third-order valence-corrected chi connectivity index (χ3v) is 4.34. The van der Waals surface area contributed by atoms with E-state index in [1.54, 1.807) is 6.92 Å². The highest BCUT2D eigenvalue weighted by Crippen LogP contribution is 2.37. The Labute approximate surface area is 139 Å². The van der Waals surface area contributed by atoms with Gasteiger partial charge in [0.05, 0.1) is 0 Å². The number of aromatic nitrogens is 2.